The molecule has 0 aliphatic carbocycles. The zero-order valence-electron chi connectivity index (χ0n) is 16.3. The van der Waals surface area contributed by atoms with E-state index < -0.39 is 0 Å². The van der Waals surface area contributed by atoms with Crippen molar-refractivity contribution in [1.29, 1.82) is 0 Å². The Morgan fingerprint density at radius 1 is 1.21 bits per heavy atom. The molecule has 8 heteroatoms. The lowest BCUT2D eigenvalue weighted by Gasteiger charge is -2.16. The second kappa shape index (κ2) is 7.54. The minimum absolute atomic E-state index is 0.114. The average molecular weight is 397 g/mol. The SMILES string of the molecule is COc1cccc(-c2noc([C@@H]3CC(=O)N(c4ccc(C)c(F)c4)C3)n2)c1OC. The van der Waals surface area contributed by atoms with E-state index in [4.69, 9.17) is 14.0 Å². The smallest absolute Gasteiger partial charge is 0.232 e. The lowest BCUT2D eigenvalue weighted by molar-refractivity contribution is -0.117. The summed E-state index contributed by atoms with van der Waals surface area (Å²) in [5, 5.41) is 4.05. The minimum atomic E-state index is -0.344. The Labute approximate surface area is 167 Å². The maximum atomic E-state index is 13.9. The molecule has 1 fully saturated rings. The predicted molar refractivity (Wildman–Crippen MR) is 104 cm³/mol. The average Bonchev–Trinajstić information content (AvgIpc) is 3.36. The van der Waals surface area contributed by atoms with Gasteiger partial charge < -0.3 is 18.9 Å². The van der Waals surface area contributed by atoms with E-state index in [1.165, 1.54) is 13.2 Å². The first kappa shape index (κ1) is 18.9. The molecule has 0 radical (unpaired) electrons. The zero-order valence-corrected chi connectivity index (χ0v) is 16.3. The van der Waals surface area contributed by atoms with E-state index in [2.05, 4.69) is 10.1 Å². The number of methoxy groups -OCH3 is 2. The third-order valence-electron chi connectivity index (χ3n) is 5.03. The fourth-order valence-electron chi connectivity index (χ4n) is 3.45. The van der Waals surface area contributed by atoms with Crippen molar-refractivity contribution in [2.75, 3.05) is 25.7 Å². The van der Waals surface area contributed by atoms with E-state index in [1.807, 2.05) is 0 Å². The van der Waals surface area contributed by atoms with Crippen molar-refractivity contribution < 1.29 is 23.2 Å². The molecule has 1 atom stereocenters. The summed E-state index contributed by atoms with van der Waals surface area (Å²) in [6.07, 6.45) is 0.215. The molecule has 2 heterocycles. The standard InChI is InChI=1S/C21H20FN3O4/c1-12-7-8-14(10-16(12)22)25-11-13(9-18(25)26)21-23-20(24-29-21)15-5-4-6-17(27-2)19(15)28-3/h4-8,10,13H,9,11H2,1-3H3/t13-/m1/s1. The number of rotatable bonds is 5. The maximum absolute atomic E-state index is 13.9. The van der Waals surface area contributed by atoms with Crippen LogP contribution in [0.2, 0.25) is 0 Å². The van der Waals surface area contributed by atoms with Crippen LogP contribution in [0.1, 0.15) is 23.8 Å². The molecule has 29 heavy (non-hydrogen) atoms. The lowest BCUT2D eigenvalue weighted by Crippen LogP contribution is -2.24. The van der Waals surface area contributed by atoms with Gasteiger partial charge in [-0.15, -0.1) is 0 Å². The first-order valence-corrected chi connectivity index (χ1v) is 9.13. The van der Waals surface area contributed by atoms with Crippen molar-refractivity contribution in [3.05, 3.63) is 53.7 Å². The summed E-state index contributed by atoms with van der Waals surface area (Å²) in [5.74, 6) is 1.03. The largest absolute Gasteiger partial charge is 0.493 e. The van der Waals surface area contributed by atoms with E-state index in [-0.39, 0.29) is 24.1 Å². The van der Waals surface area contributed by atoms with Gasteiger partial charge >= 0.3 is 0 Å². The summed E-state index contributed by atoms with van der Waals surface area (Å²) in [6.45, 7) is 2.03. The Kier molecular flexibility index (Phi) is 4.92. The molecule has 1 amide bonds. The molecule has 1 saturated heterocycles. The second-order valence-corrected chi connectivity index (χ2v) is 6.84. The highest BCUT2D eigenvalue weighted by molar-refractivity contribution is 5.96. The fourth-order valence-corrected chi connectivity index (χ4v) is 3.45. The van der Waals surface area contributed by atoms with Gasteiger partial charge in [-0.3, -0.25) is 4.79 Å². The van der Waals surface area contributed by atoms with Gasteiger partial charge in [-0.2, -0.15) is 4.98 Å². The minimum Gasteiger partial charge on any atom is -0.493 e. The quantitative estimate of drug-likeness (QED) is 0.653. The first-order valence-electron chi connectivity index (χ1n) is 9.13. The molecule has 150 valence electrons. The third-order valence-corrected chi connectivity index (χ3v) is 5.03. The Bertz CT molecular complexity index is 1070. The van der Waals surface area contributed by atoms with E-state index in [0.717, 1.165) is 0 Å². The van der Waals surface area contributed by atoms with Gasteiger partial charge in [0.15, 0.2) is 11.5 Å². The molecule has 0 N–H and O–H groups in total. The van der Waals surface area contributed by atoms with Gasteiger partial charge in [-0.05, 0) is 36.8 Å². The van der Waals surface area contributed by atoms with Gasteiger partial charge in [0.2, 0.25) is 17.6 Å². The number of carbonyl (C=O) groups excluding carboxylic acids is 1. The van der Waals surface area contributed by atoms with Gasteiger partial charge in [-0.25, -0.2) is 4.39 Å². The molecular weight excluding hydrogens is 377 g/mol. The van der Waals surface area contributed by atoms with Crippen molar-refractivity contribution in [3.63, 3.8) is 0 Å². The molecule has 1 aromatic heterocycles. The van der Waals surface area contributed by atoms with Gasteiger partial charge in [0.1, 0.15) is 5.82 Å². The van der Waals surface area contributed by atoms with Gasteiger partial charge in [0, 0.05) is 18.7 Å². The van der Waals surface area contributed by atoms with Crippen molar-refractivity contribution >= 4 is 11.6 Å². The van der Waals surface area contributed by atoms with E-state index in [0.29, 0.717) is 46.6 Å². The third kappa shape index (κ3) is 3.41. The molecule has 3 aromatic rings. The van der Waals surface area contributed by atoms with Crippen LogP contribution in [-0.4, -0.2) is 36.8 Å². The van der Waals surface area contributed by atoms with Gasteiger partial charge in [-0.1, -0.05) is 17.3 Å². The molecule has 4 rings (SSSR count). The maximum Gasteiger partial charge on any atom is 0.232 e. The van der Waals surface area contributed by atoms with Crippen molar-refractivity contribution in [3.8, 4) is 22.9 Å². The summed E-state index contributed by atoms with van der Waals surface area (Å²) >= 11 is 0. The molecule has 2 aromatic carbocycles. The van der Waals surface area contributed by atoms with E-state index in [9.17, 15) is 9.18 Å². The highest BCUT2D eigenvalue weighted by Crippen LogP contribution is 2.38. The fraction of sp³-hybridized carbons (Fsp3) is 0.286. The summed E-state index contributed by atoms with van der Waals surface area (Å²) in [5.41, 5.74) is 1.68. The first-order chi connectivity index (χ1) is 14.0. The summed E-state index contributed by atoms with van der Waals surface area (Å²) in [7, 11) is 3.09. The second-order valence-electron chi connectivity index (χ2n) is 6.84. The number of halogens is 1. The molecule has 1 aliphatic rings. The summed E-state index contributed by atoms with van der Waals surface area (Å²) in [6, 6.07) is 10.1. The van der Waals surface area contributed by atoms with E-state index in [1.54, 1.807) is 49.3 Å². The summed E-state index contributed by atoms with van der Waals surface area (Å²) in [4.78, 5) is 18.5. The number of anilines is 1. The molecule has 7 nitrogen and oxygen atoms in total. The number of hydrogen-bond acceptors (Lipinski definition) is 6. The monoisotopic (exact) mass is 397 g/mol. The Morgan fingerprint density at radius 2 is 2.03 bits per heavy atom. The van der Waals surface area contributed by atoms with Crippen LogP contribution in [0.15, 0.2) is 40.9 Å². The van der Waals surface area contributed by atoms with Crippen LogP contribution in [0.4, 0.5) is 10.1 Å². The highest BCUT2D eigenvalue weighted by Gasteiger charge is 2.35. The lowest BCUT2D eigenvalue weighted by atomic mass is 10.1. The normalized spacial score (nSPS) is 16.3. The number of hydrogen-bond donors (Lipinski definition) is 0. The van der Waals surface area contributed by atoms with Crippen LogP contribution >= 0.6 is 0 Å². The van der Waals surface area contributed by atoms with Crippen LogP contribution in [0, 0.1) is 12.7 Å². The number of ether oxygens (including phenoxy) is 2. The molecular formula is C21H20FN3O4. The van der Waals surface area contributed by atoms with Crippen molar-refractivity contribution in [1.82, 2.24) is 10.1 Å². The number of para-hydroxylation sites is 1. The number of aromatic nitrogens is 2. The van der Waals surface area contributed by atoms with Crippen LogP contribution in [0.3, 0.4) is 0 Å². The topological polar surface area (TPSA) is 77.7 Å². The van der Waals surface area contributed by atoms with Crippen LogP contribution in [0.25, 0.3) is 11.4 Å². The Hall–Kier alpha value is -3.42. The number of nitrogens with zero attached hydrogens (tertiary/aromatic N) is 3. The van der Waals surface area contributed by atoms with Crippen LogP contribution in [-0.2, 0) is 4.79 Å². The molecule has 1 aliphatic heterocycles. The predicted octanol–water partition coefficient (Wildman–Crippen LogP) is 3.72. The molecule has 0 unspecified atom stereocenters. The number of benzene rings is 2. The number of carbonyl (C=O) groups is 1. The highest BCUT2D eigenvalue weighted by atomic mass is 19.1. The molecule has 0 saturated carbocycles. The number of amides is 1. The van der Waals surface area contributed by atoms with Crippen molar-refractivity contribution in [2.24, 2.45) is 0 Å². The zero-order chi connectivity index (χ0) is 20.5. The Balaban J connectivity index is 1.59. The van der Waals surface area contributed by atoms with Crippen molar-refractivity contribution in [2.45, 2.75) is 19.3 Å². The number of aryl methyl sites for hydroxylation is 1. The molecule has 0 bridgehead atoms. The van der Waals surface area contributed by atoms with Gasteiger partial charge in [0.05, 0.1) is 25.7 Å². The summed E-state index contributed by atoms with van der Waals surface area (Å²) < 4.78 is 30.1. The van der Waals surface area contributed by atoms with Gasteiger partial charge in [0.25, 0.3) is 0 Å². The van der Waals surface area contributed by atoms with Crippen LogP contribution in [0.5, 0.6) is 11.5 Å². The van der Waals surface area contributed by atoms with Crippen LogP contribution < -0.4 is 14.4 Å². The molecule has 0 spiro atoms. The Morgan fingerprint density at radius 3 is 2.76 bits per heavy atom. The van der Waals surface area contributed by atoms with E-state index >= 15 is 0 Å².